The van der Waals surface area contributed by atoms with Gasteiger partial charge in [-0.25, -0.2) is 0 Å². The van der Waals surface area contributed by atoms with Crippen molar-refractivity contribution >= 4 is 23.2 Å². The van der Waals surface area contributed by atoms with Crippen molar-refractivity contribution in [2.24, 2.45) is 0 Å². The number of carbonyl (C=O) groups excluding carboxylic acids is 1. The molecule has 1 aromatic heterocycles. The molecule has 0 unspecified atom stereocenters. The molecule has 6 heteroatoms. The van der Waals surface area contributed by atoms with E-state index in [4.69, 9.17) is 16.1 Å². The Morgan fingerprint density at radius 3 is 2.83 bits per heavy atom. The van der Waals surface area contributed by atoms with E-state index in [2.05, 4.69) is 15.5 Å². The predicted molar refractivity (Wildman–Crippen MR) is 92.9 cm³/mol. The normalized spacial score (nSPS) is 10.6. The number of benzene rings is 2. The first kappa shape index (κ1) is 16.2. The van der Waals surface area contributed by atoms with Gasteiger partial charge in [0.1, 0.15) is 0 Å². The zero-order valence-corrected chi connectivity index (χ0v) is 13.9. The molecule has 0 saturated carbocycles. The molecular weight excluding hydrogens is 326 g/mol. The lowest BCUT2D eigenvalue weighted by molar-refractivity contribution is -0.116. The molecule has 0 fully saturated rings. The number of nitrogens with one attached hydrogen (secondary N) is 1. The van der Waals surface area contributed by atoms with E-state index >= 15 is 0 Å². The van der Waals surface area contributed by atoms with Gasteiger partial charge in [0.05, 0.1) is 0 Å². The van der Waals surface area contributed by atoms with Crippen molar-refractivity contribution < 1.29 is 9.32 Å². The fourth-order valence-corrected chi connectivity index (χ4v) is 2.46. The second kappa shape index (κ2) is 7.27. The Balaban J connectivity index is 1.58. The summed E-state index contributed by atoms with van der Waals surface area (Å²) < 4.78 is 5.22. The van der Waals surface area contributed by atoms with Crippen LogP contribution in [0.3, 0.4) is 0 Å². The van der Waals surface area contributed by atoms with Gasteiger partial charge in [-0.3, -0.25) is 4.79 Å². The molecule has 3 aromatic rings. The Bertz CT molecular complexity index is 861. The first-order chi connectivity index (χ1) is 11.6. The Morgan fingerprint density at radius 1 is 1.21 bits per heavy atom. The fraction of sp³-hybridized carbons (Fsp3) is 0.167. The molecule has 0 atom stereocenters. The topological polar surface area (TPSA) is 68.0 Å². The van der Waals surface area contributed by atoms with E-state index in [1.807, 2.05) is 31.2 Å². The Labute approximate surface area is 144 Å². The highest BCUT2D eigenvalue weighted by Gasteiger charge is 2.11. The first-order valence-electron chi connectivity index (χ1n) is 7.55. The monoisotopic (exact) mass is 341 g/mol. The van der Waals surface area contributed by atoms with Crippen molar-refractivity contribution in [3.8, 4) is 11.4 Å². The van der Waals surface area contributed by atoms with Gasteiger partial charge in [0, 0.05) is 29.1 Å². The van der Waals surface area contributed by atoms with E-state index in [1.54, 1.807) is 24.3 Å². The van der Waals surface area contributed by atoms with Crippen LogP contribution in [0.25, 0.3) is 11.4 Å². The average Bonchev–Trinajstić information content (AvgIpc) is 3.02. The Morgan fingerprint density at radius 2 is 2.04 bits per heavy atom. The van der Waals surface area contributed by atoms with Crippen molar-refractivity contribution in [3.05, 3.63) is 65.0 Å². The summed E-state index contributed by atoms with van der Waals surface area (Å²) in [5.74, 6) is 0.837. The Hall–Kier alpha value is -2.66. The van der Waals surface area contributed by atoms with Crippen molar-refractivity contribution in [1.29, 1.82) is 0 Å². The van der Waals surface area contributed by atoms with E-state index < -0.39 is 0 Å². The minimum atomic E-state index is -0.132. The number of halogens is 1. The Kier molecular flexibility index (Phi) is 4.91. The third-order valence-electron chi connectivity index (χ3n) is 3.42. The zero-order chi connectivity index (χ0) is 16.9. The van der Waals surface area contributed by atoms with Crippen molar-refractivity contribution in [2.45, 2.75) is 19.8 Å². The minimum absolute atomic E-state index is 0.132. The third kappa shape index (κ3) is 4.20. The van der Waals surface area contributed by atoms with Crippen molar-refractivity contribution in [3.63, 3.8) is 0 Å². The lowest BCUT2D eigenvalue weighted by atomic mass is 10.1. The largest absolute Gasteiger partial charge is 0.339 e. The van der Waals surface area contributed by atoms with Crippen molar-refractivity contribution in [1.82, 2.24) is 10.1 Å². The molecule has 122 valence electrons. The number of aromatic nitrogens is 2. The SMILES string of the molecule is Cc1cccc(-c2noc(CCC(=O)Nc3cccc(Cl)c3)n2)c1. The highest BCUT2D eigenvalue weighted by molar-refractivity contribution is 6.30. The van der Waals surface area contributed by atoms with Crippen LogP contribution in [0.2, 0.25) is 5.02 Å². The summed E-state index contributed by atoms with van der Waals surface area (Å²) in [6.45, 7) is 2.00. The number of hydrogen-bond donors (Lipinski definition) is 1. The second-order valence-electron chi connectivity index (χ2n) is 5.44. The van der Waals surface area contributed by atoms with Gasteiger partial charge in [-0.1, -0.05) is 46.6 Å². The molecule has 0 bridgehead atoms. The van der Waals surface area contributed by atoms with Gasteiger partial charge in [-0.2, -0.15) is 4.98 Å². The van der Waals surface area contributed by atoms with Crippen LogP contribution in [-0.4, -0.2) is 16.0 Å². The van der Waals surface area contributed by atoms with Crippen LogP contribution in [0.4, 0.5) is 5.69 Å². The number of aryl methyl sites for hydroxylation is 2. The van der Waals surface area contributed by atoms with E-state index in [0.717, 1.165) is 11.1 Å². The van der Waals surface area contributed by atoms with Gasteiger partial charge < -0.3 is 9.84 Å². The minimum Gasteiger partial charge on any atom is -0.339 e. The van der Waals surface area contributed by atoms with Gasteiger partial charge in [0.2, 0.25) is 17.6 Å². The number of rotatable bonds is 5. The summed E-state index contributed by atoms with van der Waals surface area (Å²) in [4.78, 5) is 16.3. The molecule has 2 aromatic carbocycles. The summed E-state index contributed by atoms with van der Waals surface area (Å²) >= 11 is 5.89. The summed E-state index contributed by atoms with van der Waals surface area (Å²) in [6.07, 6.45) is 0.632. The summed E-state index contributed by atoms with van der Waals surface area (Å²) in [5.41, 5.74) is 2.69. The first-order valence-corrected chi connectivity index (χ1v) is 7.93. The summed E-state index contributed by atoms with van der Waals surface area (Å²) in [7, 11) is 0. The lowest BCUT2D eigenvalue weighted by Crippen LogP contribution is -2.12. The smallest absolute Gasteiger partial charge is 0.227 e. The van der Waals surface area contributed by atoms with Gasteiger partial charge in [-0.05, 0) is 31.2 Å². The van der Waals surface area contributed by atoms with Crippen LogP contribution in [0.5, 0.6) is 0 Å². The molecule has 0 spiro atoms. The lowest BCUT2D eigenvalue weighted by Gasteiger charge is -2.04. The van der Waals surface area contributed by atoms with Crippen LogP contribution < -0.4 is 5.32 Å². The van der Waals surface area contributed by atoms with Gasteiger partial charge in [0.15, 0.2) is 0 Å². The van der Waals surface area contributed by atoms with Crippen LogP contribution in [-0.2, 0) is 11.2 Å². The van der Waals surface area contributed by atoms with E-state index in [1.165, 1.54) is 0 Å². The van der Waals surface area contributed by atoms with E-state index in [9.17, 15) is 4.79 Å². The molecule has 5 nitrogen and oxygen atoms in total. The van der Waals surface area contributed by atoms with E-state index in [-0.39, 0.29) is 12.3 Å². The molecule has 0 radical (unpaired) electrons. The van der Waals surface area contributed by atoms with Crippen molar-refractivity contribution in [2.75, 3.05) is 5.32 Å². The molecule has 1 N–H and O–H groups in total. The third-order valence-corrected chi connectivity index (χ3v) is 3.65. The van der Waals surface area contributed by atoms with E-state index in [0.29, 0.717) is 28.8 Å². The molecule has 0 saturated heterocycles. The molecular formula is C18H16ClN3O2. The van der Waals surface area contributed by atoms with Gasteiger partial charge >= 0.3 is 0 Å². The molecule has 3 rings (SSSR count). The van der Waals surface area contributed by atoms with Crippen LogP contribution in [0, 0.1) is 6.92 Å². The zero-order valence-electron chi connectivity index (χ0n) is 13.1. The highest BCUT2D eigenvalue weighted by Crippen LogP contribution is 2.18. The highest BCUT2D eigenvalue weighted by atomic mass is 35.5. The number of nitrogens with zero attached hydrogens (tertiary/aromatic N) is 2. The molecule has 1 amide bonds. The maximum Gasteiger partial charge on any atom is 0.227 e. The fourth-order valence-electron chi connectivity index (χ4n) is 2.27. The molecule has 0 aliphatic carbocycles. The summed E-state index contributed by atoms with van der Waals surface area (Å²) in [5, 5.41) is 7.33. The standard InChI is InChI=1S/C18H16ClN3O2/c1-12-4-2-5-13(10-12)18-21-17(24-22-18)9-8-16(23)20-15-7-3-6-14(19)11-15/h2-7,10-11H,8-9H2,1H3,(H,20,23). The van der Waals surface area contributed by atoms with Crippen LogP contribution >= 0.6 is 11.6 Å². The molecule has 1 heterocycles. The molecule has 0 aliphatic rings. The number of carbonyl (C=O) groups is 1. The molecule has 0 aliphatic heterocycles. The predicted octanol–water partition coefficient (Wildman–Crippen LogP) is 4.27. The molecule has 24 heavy (non-hydrogen) atoms. The average molecular weight is 342 g/mol. The summed E-state index contributed by atoms with van der Waals surface area (Å²) in [6, 6.07) is 14.9. The maximum absolute atomic E-state index is 12.0. The number of anilines is 1. The second-order valence-corrected chi connectivity index (χ2v) is 5.88. The van der Waals surface area contributed by atoms with Crippen LogP contribution in [0.1, 0.15) is 17.9 Å². The number of amides is 1. The quantitative estimate of drug-likeness (QED) is 0.752. The van der Waals surface area contributed by atoms with Crippen LogP contribution in [0.15, 0.2) is 53.1 Å². The van der Waals surface area contributed by atoms with Gasteiger partial charge in [0.25, 0.3) is 0 Å². The maximum atomic E-state index is 12.0. The number of hydrogen-bond acceptors (Lipinski definition) is 4. The van der Waals surface area contributed by atoms with Gasteiger partial charge in [-0.15, -0.1) is 0 Å².